The number of carbonyl (C=O) groups excluding carboxylic acids is 2. The standard InChI is InChI=1S/C13H18N4O3S/c18-10-6-7-14-13(17-10)21-8-11(19)16-12(20)15-9-4-2-1-3-5-9/h6-7,9H,1-5,8H2,(H,14,17,18)(H2,15,16,19,20). The number of amides is 3. The van der Waals surface area contributed by atoms with Gasteiger partial charge in [-0.25, -0.2) is 9.78 Å². The molecule has 21 heavy (non-hydrogen) atoms. The second kappa shape index (κ2) is 7.82. The number of thioether (sulfide) groups is 1. The number of urea groups is 1. The minimum Gasteiger partial charge on any atom is -0.335 e. The van der Waals surface area contributed by atoms with Gasteiger partial charge in [-0.15, -0.1) is 0 Å². The molecule has 0 spiro atoms. The Balaban J connectivity index is 1.71. The normalized spacial score (nSPS) is 15.4. The number of H-pyrrole nitrogens is 1. The van der Waals surface area contributed by atoms with Gasteiger partial charge in [0.2, 0.25) is 5.91 Å². The Labute approximate surface area is 126 Å². The number of aromatic nitrogens is 2. The van der Waals surface area contributed by atoms with Crippen molar-refractivity contribution in [3.05, 3.63) is 22.6 Å². The molecule has 0 radical (unpaired) electrons. The van der Waals surface area contributed by atoms with Gasteiger partial charge in [0.15, 0.2) is 5.16 Å². The predicted molar refractivity (Wildman–Crippen MR) is 79.1 cm³/mol. The van der Waals surface area contributed by atoms with Crippen LogP contribution in [0.1, 0.15) is 32.1 Å². The first-order valence-corrected chi connectivity index (χ1v) is 7.90. The van der Waals surface area contributed by atoms with Crippen LogP contribution >= 0.6 is 11.8 Å². The van der Waals surface area contributed by atoms with Crippen molar-refractivity contribution >= 4 is 23.7 Å². The van der Waals surface area contributed by atoms with Crippen LogP contribution in [-0.4, -0.2) is 33.7 Å². The van der Waals surface area contributed by atoms with E-state index in [4.69, 9.17) is 0 Å². The highest BCUT2D eigenvalue weighted by atomic mass is 32.2. The fourth-order valence-electron chi connectivity index (χ4n) is 2.19. The third kappa shape index (κ3) is 5.58. The first-order chi connectivity index (χ1) is 10.1. The molecule has 3 amide bonds. The molecule has 0 saturated heterocycles. The smallest absolute Gasteiger partial charge is 0.321 e. The number of rotatable bonds is 4. The Hall–Kier alpha value is -1.83. The van der Waals surface area contributed by atoms with Gasteiger partial charge in [-0.05, 0) is 12.8 Å². The number of nitrogens with zero attached hydrogens (tertiary/aromatic N) is 1. The van der Waals surface area contributed by atoms with E-state index in [9.17, 15) is 14.4 Å². The van der Waals surface area contributed by atoms with Crippen molar-refractivity contribution in [1.82, 2.24) is 20.6 Å². The van der Waals surface area contributed by atoms with Gasteiger partial charge < -0.3 is 10.3 Å². The lowest BCUT2D eigenvalue weighted by atomic mass is 9.96. The van der Waals surface area contributed by atoms with E-state index < -0.39 is 11.9 Å². The topological polar surface area (TPSA) is 104 Å². The molecule has 7 nitrogen and oxygen atoms in total. The lowest BCUT2D eigenvalue weighted by molar-refractivity contribution is -0.117. The highest BCUT2D eigenvalue weighted by Crippen LogP contribution is 2.17. The molecule has 1 aromatic rings. The van der Waals surface area contributed by atoms with Crippen molar-refractivity contribution in [2.45, 2.75) is 43.3 Å². The summed E-state index contributed by atoms with van der Waals surface area (Å²) in [4.78, 5) is 40.8. The Kier molecular flexibility index (Phi) is 5.79. The number of nitrogens with one attached hydrogen (secondary N) is 3. The van der Waals surface area contributed by atoms with E-state index in [2.05, 4.69) is 20.6 Å². The molecule has 0 atom stereocenters. The minimum absolute atomic E-state index is 0.0189. The number of hydrogen-bond donors (Lipinski definition) is 3. The van der Waals surface area contributed by atoms with Gasteiger partial charge in [0.1, 0.15) is 0 Å². The summed E-state index contributed by atoms with van der Waals surface area (Å²) in [6.07, 6.45) is 6.73. The maximum absolute atomic E-state index is 11.7. The average molecular weight is 310 g/mol. The zero-order valence-corrected chi connectivity index (χ0v) is 12.4. The molecule has 1 aliphatic rings. The summed E-state index contributed by atoms with van der Waals surface area (Å²) in [5.41, 5.74) is -0.275. The van der Waals surface area contributed by atoms with E-state index in [1.807, 2.05) is 0 Å². The third-order valence-electron chi connectivity index (χ3n) is 3.18. The van der Waals surface area contributed by atoms with Crippen molar-refractivity contribution in [1.29, 1.82) is 0 Å². The molecule has 0 unspecified atom stereocenters. The largest absolute Gasteiger partial charge is 0.335 e. The van der Waals surface area contributed by atoms with Gasteiger partial charge >= 0.3 is 6.03 Å². The van der Waals surface area contributed by atoms with E-state index >= 15 is 0 Å². The number of carbonyl (C=O) groups is 2. The molecule has 114 valence electrons. The SMILES string of the molecule is O=C(CSc1nccc(=O)[nH]1)NC(=O)NC1CCCCC1. The van der Waals surface area contributed by atoms with Crippen LogP contribution in [0.5, 0.6) is 0 Å². The van der Waals surface area contributed by atoms with E-state index in [0.717, 1.165) is 37.4 Å². The highest BCUT2D eigenvalue weighted by Gasteiger charge is 2.17. The first kappa shape index (κ1) is 15.6. The minimum atomic E-state index is -0.456. The van der Waals surface area contributed by atoms with Crippen molar-refractivity contribution in [3.8, 4) is 0 Å². The molecule has 8 heteroatoms. The first-order valence-electron chi connectivity index (χ1n) is 6.92. The molecule has 0 aromatic carbocycles. The van der Waals surface area contributed by atoms with Crippen molar-refractivity contribution in [2.75, 3.05) is 5.75 Å². The summed E-state index contributed by atoms with van der Waals surface area (Å²) < 4.78 is 0. The zero-order valence-electron chi connectivity index (χ0n) is 11.6. The number of imide groups is 1. The molecule has 0 bridgehead atoms. The fourth-order valence-corrected chi connectivity index (χ4v) is 2.84. The molecule has 1 aromatic heterocycles. The van der Waals surface area contributed by atoms with E-state index in [1.165, 1.54) is 18.7 Å². The molecule has 2 rings (SSSR count). The number of hydrogen-bond acceptors (Lipinski definition) is 5. The molecule has 3 N–H and O–H groups in total. The van der Waals surface area contributed by atoms with Crippen LogP contribution in [0.2, 0.25) is 0 Å². The van der Waals surface area contributed by atoms with Crippen LogP contribution in [0.3, 0.4) is 0 Å². The monoisotopic (exact) mass is 310 g/mol. The third-order valence-corrected chi connectivity index (χ3v) is 4.07. The van der Waals surface area contributed by atoms with Gasteiger partial charge in [0.05, 0.1) is 5.75 Å². The van der Waals surface area contributed by atoms with Gasteiger partial charge in [-0.1, -0.05) is 31.0 Å². The fraction of sp³-hybridized carbons (Fsp3) is 0.538. The summed E-state index contributed by atoms with van der Waals surface area (Å²) in [7, 11) is 0. The predicted octanol–water partition coefficient (Wildman–Crippen LogP) is 1.02. The van der Waals surface area contributed by atoms with Crippen LogP contribution in [0.15, 0.2) is 22.2 Å². The lowest BCUT2D eigenvalue weighted by Gasteiger charge is -2.22. The van der Waals surface area contributed by atoms with E-state index in [-0.39, 0.29) is 17.4 Å². The maximum atomic E-state index is 11.7. The summed E-state index contributed by atoms with van der Waals surface area (Å²) in [5, 5.41) is 5.44. The molecule has 1 saturated carbocycles. The van der Waals surface area contributed by atoms with Gasteiger partial charge in [-0.3, -0.25) is 14.9 Å². The maximum Gasteiger partial charge on any atom is 0.321 e. The highest BCUT2D eigenvalue weighted by molar-refractivity contribution is 7.99. The van der Waals surface area contributed by atoms with Gasteiger partial charge in [0, 0.05) is 18.3 Å². The molecular formula is C13H18N4O3S. The number of aromatic amines is 1. The van der Waals surface area contributed by atoms with Crippen LogP contribution in [0.25, 0.3) is 0 Å². The molecule has 1 fully saturated rings. The van der Waals surface area contributed by atoms with Crippen molar-refractivity contribution in [3.63, 3.8) is 0 Å². The quantitative estimate of drug-likeness (QED) is 0.569. The Bertz CT molecular complexity index is 554. The van der Waals surface area contributed by atoms with Crippen LogP contribution in [-0.2, 0) is 4.79 Å². The van der Waals surface area contributed by atoms with Crippen LogP contribution < -0.4 is 16.2 Å². The van der Waals surface area contributed by atoms with Crippen LogP contribution in [0.4, 0.5) is 4.79 Å². The summed E-state index contributed by atoms with van der Waals surface area (Å²) in [5.74, 6) is -0.398. The molecular weight excluding hydrogens is 292 g/mol. The van der Waals surface area contributed by atoms with Gasteiger partial charge in [0.25, 0.3) is 5.56 Å². The Morgan fingerprint density at radius 2 is 2.10 bits per heavy atom. The molecule has 1 aliphatic carbocycles. The van der Waals surface area contributed by atoms with Gasteiger partial charge in [-0.2, -0.15) is 0 Å². The molecule has 0 aliphatic heterocycles. The summed E-state index contributed by atoms with van der Waals surface area (Å²) >= 11 is 1.07. The second-order valence-corrected chi connectivity index (χ2v) is 5.85. The van der Waals surface area contributed by atoms with Crippen molar-refractivity contribution in [2.24, 2.45) is 0 Å². The van der Waals surface area contributed by atoms with E-state index in [0.29, 0.717) is 5.16 Å². The second-order valence-electron chi connectivity index (χ2n) is 4.88. The summed E-state index contributed by atoms with van der Waals surface area (Å²) in [6.45, 7) is 0. The Morgan fingerprint density at radius 3 is 2.81 bits per heavy atom. The Morgan fingerprint density at radius 1 is 1.33 bits per heavy atom. The van der Waals surface area contributed by atoms with Crippen LogP contribution in [0, 0.1) is 0 Å². The summed E-state index contributed by atoms with van der Waals surface area (Å²) in [6, 6.07) is 0.996. The van der Waals surface area contributed by atoms with E-state index in [1.54, 1.807) is 0 Å². The lowest BCUT2D eigenvalue weighted by Crippen LogP contribution is -2.45. The molecule has 1 heterocycles. The van der Waals surface area contributed by atoms with Crippen molar-refractivity contribution < 1.29 is 9.59 Å². The average Bonchev–Trinajstić information content (AvgIpc) is 2.46. The zero-order chi connectivity index (χ0) is 15.1.